The second-order valence-electron chi connectivity index (χ2n) is 8.38. The number of hydrogen-bond donors (Lipinski definition) is 1. The van der Waals surface area contributed by atoms with Gasteiger partial charge in [0.15, 0.2) is 6.10 Å². The molecule has 0 radical (unpaired) electrons. The summed E-state index contributed by atoms with van der Waals surface area (Å²) in [5, 5.41) is 2.79. The molecular formula is C25H30N2O3. The van der Waals surface area contributed by atoms with E-state index < -0.39 is 6.10 Å². The summed E-state index contributed by atoms with van der Waals surface area (Å²) in [6.07, 6.45) is 2.25. The van der Waals surface area contributed by atoms with Crippen molar-refractivity contribution in [2.24, 2.45) is 5.92 Å². The van der Waals surface area contributed by atoms with Crippen molar-refractivity contribution in [1.29, 1.82) is 0 Å². The van der Waals surface area contributed by atoms with E-state index in [4.69, 9.17) is 4.74 Å². The number of nitrogens with one attached hydrogen (secondary N) is 1. The summed E-state index contributed by atoms with van der Waals surface area (Å²) >= 11 is 0. The minimum absolute atomic E-state index is 0.120. The predicted octanol–water partition coefficient (Wildman–Crippen LogP) is 3.78. The molecule has 2 aliphatic rings. The third kappa shape index (κ3) is 4.20. The topological polar surface area (TPSA) is 58.6 Å². The molecule has 0 unspecified atom stereocenters. The van der Waals surface area contributed by atoms with Crippen LogP contribution in [0.25, 0.3) is 0 Å². The van der Waals surface area contributed by atoms with E-state index in [0.717, 1.165) is 36.9 Å². The van der Waals surface area contributed by atoms with Gasteiger partial charge in [0.05, 0.1) is 6.04 Å². The summed E-state index contributed by atoms with van der Waals surface area (Å²) < 4.78 is 5.94. The Labute approximate surface area is 178 Å². The Balaban J connectivity index is 1.69. The molecule has 158 valence electrons. The monoisotopic (exact) mass is 406 g/mol. The number of carbonyl (C=O) groups excluding carboxylic acids is 2. The third-order valence-corrected chi connectivity index (χ3v) is 5.98. The second kappa shape index (κ2) is 8.50. The highest BCUT2D eigenvalue weighted by atomic mass is 16.5. The molecule has 30 heavy (non-hydrogen) atoms. The average Bonchev–Trinajstić information content (AvgIpc) is 3.58. The molecule has 0 bridgehead atoms. The number of hydrogen-bond acceptors (Lipinski definition) is 3. The van der Waals surface area contributed by atoms with Gasteiger partial charge >= 0.3 is 0 Å². The van der Waals surface area contributed by atoms with Gasteiger partial charge in [0.2, 0.25) is 5.91 Å². The first-order valence-corrected chi connectivity index (χ1v) is 10.9. The van der Waals surface area contributed by atoms with Crippen LogP contribution in [0.1, 0.15) is 55.0 Å². The minimum Gasteiger partial charge on any atom is -0.481 e. The van der Waals surface area contributed by atoms with Gasteiger partial charge in [-0.25, -0.2) is 0 Å². The van der Waals surface area contributed by atoms with E-state index in [9.17, 15) is 9.59 Å². The first kappa shape index (κ1) is 20.5. The fraction of sp³-hybridized carbons (Fsp3) is 0.440. The Morgan fingerprint density at radius 3 is 2.57 bits per heavy atom. The van der Waals surface area contributed by atoms with Crippen LogP contribution >= 0.6 is 0 Å². The summed E-state index contributed by atoms with van der Waals surface area (Å²) in [4.78, 5) is 27.2. The SMILES string of the molecule is CCNC(=O)[C@H](C)Oc1ccc2c(c1)[C@H](c1ccc(C)cc1)N(C(=O)C1CC1)CC2. The molecule has 0 spiro atoms. The normalized spacial score (nSPS) is 19.0. The molecule has 1 aliphatic heterocycles. The molecule has 1 saturated carbocycles. The molecule has 2 aromatic carbocycles. The number of carbonyl (C=O) groups is 2. The number of benzene rings is 2. The van der Waals surface area contributed by atoms with Crippen molar-refractivity contribution in [3.8, 4) is 5.75 Å². The Hall–Kier alpha value is -2.82. The molecule has 2 aromatic rings. The van der Waals surface area contributed by atoms with E-state index in [1.165, 1.54) is 11.1 Å². The van der Waals surface area contributed by atoms with Crippen LogP contribution in [-0.4, -0.2) is 35.9 Å². The Bertz CT molecular complexity index is 934. The van der Waals surface area contributed by atoms with Crippen LogP contribution in [0.3, 0.4) is 0 Å². The number of rotatable bonds is 6. The predicted molar refractivity (Wildman–Crippen MR) is 116 cm³/mol. The molecule has 5 heteroatoms. The molecule has 1 N–H and O–H groups in total. The number of amides is 2. The molecule has 2 amide bonds. The lowest BCUT2D eigenvalue weighted by atomic mass is 9.87. The lowest BCUT2D eigenvalue weighted by Crippen LogP contribution is -2.41. The quantitative estimate of drug-likeness (QED) is 0.794. The maximum atomic E-state index is 13.1. The average molecular weight is 407 g/mol. The van der Waals surface area contributed by atoms with Crippen molar-refractivity contribution in [3.05, 3.63) is 64.7 Å². The zero-order valence-electron chi connectivity index (χ0n) is 18.0. The largest absolute Gasteiger partial charge is 0.481 e. The Morgan fingerprint density at radius 2 is 1.90 bits per heavy atom. The smallest absolute Gasteiger partial charge is 0.260 e. The van der Waals surface area contributed by atoms with Crippen molar-refractivity contribution in [2.45, 2.75) is 52.2 Å². The van der Waals surface area contributed by atoms with Crippen LogP contribution in [0, 0.1) is 12.8 Å². The summed E-state index contributed by atoms with van der Waals surface area (Å²) in [7, 11) is 0. The molecule has 1 fully saturated rings. The fourth-order valence-corrected chi connectivity index (χ4v) is 4.15. The van der Waals surface area contributed by atoms with Gasteiger partial charge in [0.25, 0.3) is 5.91 Å². The lowest BCUT2D eigenvalue weighted by molar-refractivity contribution is -0.134. The molecular weight excluding hydrogens is 376 g/mol. The van der Waals surface area contributed by atoms with E-state index in [0.29, 0.717) is 12.3 Å². The van der Waals surface area contributed by atoms with E-state index in [1.807, 2.05) is 24.0 Å². The number of likely N-dealkylation sites (N-methyl/N-ethyl adjacent to an activating group) is 1. The highest BCUT2D eigenvalue weighted by molar-refractivity contribution is 5.82. The minimum atomic E-state index is -0.575. The van der Waals surface area contributed by atoms with Crippen LogP contribution in [0.15, 0.2) is 42.5 Å². The van der Waals surface area contributed by atoms with Crippen LogP contribution in [0.5, 0.6) is 5.75 Å². The summed E-state index contributed by atoms with van der Waals surface area (Å²) in [5.74, 6) is 0.964. The first-order valence-electron chi connectivity index (χ1n) is 10.9. The summed E-state index contributed by atoms with van der Waals surface area (Å²) in [5.41, 5.74) is 4.64. The van der Waals surface area contributed by atoms with Gasteiger partial charge in [-0.15, -0.1) is 0 Å². The Kier molecular flexibility index (Phi) is 5.80. The van der Waals surface area contributed by atoms with Gasteiger partial charge in [-0.2, -0.15) is 0 Å². The van der Waals surface area contributed by atoms with Crippen LogP contribution < -0.4 is 10.1 Å². The van der Waals surface area contributed by atoms with Crippen molar-refractivity contribution in [1.82, 2.24) is 10.2 Å². The highest BCUT2D eigenvalue weighted by Crippen LogP contribution is 2.41. The lowest BCUT2D eigenvalue weighted by Gasteiger charge is -2.38. The first-order chi connectivity index (χ1) is 14.5. The van der Waals surface area contributed by atoms with Crippen LogP contribution in [0.2, 0.25) is 0 Å². The van der Waals surface area contributed by atoms with Gasteiger partial charge in [-0.05, 0) is 68.9 Å². The van der Waals surface area contributed by atoms with Crippen LogP contribution in [-0.2, 0) is 16.0 Å². The van der Waals surface area contributed by atoms with E-state index in [2.05, 4.69) is 42.6 Å². The number of fused-ring (bicyclic) bond motifs is 1. The molecule has 0 aromatic heterocycles. The summed E-state index contributed by atoms with van der Waals surface area (Å²) in [6, 6.07) is 14.3. The van der Waals surface area contributed by atoms with E-state index >= 15 is 0 Å². The van der Waals surface area contributed by atoms with Gasteiger partial charge < -0.3 is 15.0 Å². The zero-order chi connectivity index (χ0) is 21.3. The maximum Gasteiger partial charge on any atom is 0.260 e. The molecule has 1 heterocycles. The Morgan fingerprint density at radius 1 is 1.17 bits per heavy atom. The molecule has 4 rings (SSSR count). The van der Waals surface area contributed by atoms with Gasteiger partial charge in [-0.3, -0.25) is 9.59 Å². The second-order valence-corrected chi connectivity index (χ2v) is 8.38. The number of aryl methyl sites for hydroxylation is 1. The van der Waals surface area contributed by atoms with Crippen molar-refractivity contribution in [3.63, 3.8) is 0 Å². The highest BCUT2D eigenvalue weighted by Gasteiger charge is 2.39. The van der Waals surface area contributed by atoms with E-state index in [1.54, 1.807) is 6.92 Å². The van der Waals surface area contributed by atoms with Crippen molar-refractivity contribution < 1.29 is 14.3 Å². The standard InChI is InChI=1S/C25H30N2O3/c1-4-26-24(28)17(3)30-21-12-11-18-13-14-27(25(29)20-9-10-20)23(22(18)15-21)19-7-5-16(2)6-8-19/h5-8,11-12,15,17,20,23H,4,9-10,13-14H2,1-3H3,(H,26,28)/t17-,23-/m0/s1. The third-order valence-electron chi connectivity index (χ3n) is 5.98. The van der Waals surface area contributed by atoms with Gasteiger partial charge in [0, 0.05) is 19.0 Å². The van der Waals surface area contributed by atoms with E-state index in [-0.39, 0.29) is 23.8 Å². The van der Waals surface area contributed by atoms with Crippen molar-refractivity contribution >= 4 is 11.8 Å². The van der Waals surface area contributed by atoms with Crippen molar-refractivity contribution in [2.75, 3.05) is 13.1 Å². The van der Waals surface area contributed by atoms with Gasteiger partial charge in [0.1, 0.15) is 5.75 Å². The maximum absolute atomic E-state index is 13.1. The molecule has 1 aliphatic carbocycles. The number of ether oxygens (including phenoxy) is 1. The van der Waals surface area contributed by atoms with Crippen LogP contribution in [0.4, 0.5) is 0 Å². The molecule has 5 nitrogen and oxygen atoms in total. The van der Waals surface area contributed by atoms with Gasteiger partial charge in [-0.1, -0.05) is 35.9 Å². The zero-order valence-corrected chi connectivity index (χ0v) is 18.0. The summed E-state index contributed by atoms with van der Waals surface area (Å²) in [6.45, 7) is 7.02. The fourth-order valence-electron chi connectivity index (χ4n) is 4.15. The molecule has 2 atom stereocenters. The molecule has 0 saturated heterocycles. The number of nitrogens with zero attached hydrogens (tertiary/aromatic N) is 1.